The second-order valence-corrected chi connectivity index (χ2v) is 25.0. The largest absolute Gasteiger partial charge is 0.310 e. The number of anilines is 4. The smallest absolute Gasteiger partial charge is 0.0619 e. The van der Waals surface area contributed by atoms with E-state index in [9.17, 15) is 0 Å². The Kier molecular flexibility index (Phi) is 9.58. The van der Waals surface area contributed by atoms with E-state index in [1.165, 1.54) is 128 Å². The first kappa shape index (κ1) is 45.7. The maximum absolute atomic E-state index is 2.69. The van der Waals surface area contributed by atoms with Crippen molar-refractivity contribution in [1.29, 1.82) is 0 Å². The molecule has 2 heteroatoms. The lowest BCUT2D eigenvalue weighted by atomic mass is 9.77. The van der Waals surface area contributed by atoms with E-state index < -0.39 is 0 Å². The standard InChI is InChI=1S/C74H66N2/c1-71(2)64-32-20-16-24-52(64)60-41-45(36-40-65(60)71)75(46-33-37-53-49-21-13-17-29-61(49)72(3,4)66(53)42-46)69-56-25-9-11-27-58(56)70(59-28-12-10-26-57(59)69)76(47-34-38-54-50-22-14-18-30-62(50)73(5,6)67(54)43-47)48-35-39-55-51-23-15-19-31-63(51)74(7,8)68(55)44-48/h9-16,18-28,30-37,40-44,54-55H,17,29,38-39H2,1-8H3. The third-order valence-electron chi connectivity index (χ3n) is 19.8. The van der Waals surface area contributed by atoms with Gasteiger partial charge in [0.2, 0.25) is 0 Å². The van der Waals surface area contributed by atoms with Crippen molar-refractivity contribution in [3.8, 4) is 11.1 Å². The van der Waals surface area contributed by atoms with Crippen molar-refractivity contribution >= 4 is 49.9 Å². The van der Waals surface area contributed by atoms with Gasteiger partial charge in [-0.1, -0.05) is 230 Å². The van der Waals surface area contributed by atoms with E-state index in [4.69, 9.17) is 0 Å². The summed E-state index contributed by atoms with van der Waals surface area (Å²) in [5, 5.41) is 4.94. The lowest BCUT2D eigenvalue weighted by Crippen LogP contribution is -2.28. The van der Waals surface area contributed by atoms with Crippen molar-refractivity contribution in [3.05, 3.63) is 267 Å². The molecule has 0 aromatic heterocycles. The maximum atomic E-state index is 2.69. The molecule has 0 spiro atoms. The molecule has 0 bridgehead atoms. The van der Waals surface area contributed by atoms with Gasteiger partial charge in [0.1, 0.15) is 0 Å². The highest BCUT2D eigenvalue weighted by Gasteiger charge is 2.46. The Bertz CT molecular complexity index is 3920. The highest BCUT2D eigenvalue weighted by molar-refractivity contribution is 6.22. The number of benzene rings is 8. The molecule has 0 saturated heterocycles. The van der Waals surface area contributed by atoms with Gasteiger partial charge < -0.3 is 9.80 Å². The van der Waals surface area contributed by atoms with Gasteiger partial charge in [0.15, 0.2) is 0 Å². The summed E-state index contributed by atoms with van der Waals surface area (Å²) in [6.07, 6.45) is 19.2. The van der Waals surface area contributed by atoms with Gasteiger partial charge >= 0.3 is 0 Å². The van der Waals surface area contributed by atoms with Crippen LogP contribution in [-0.4, -0.2) is 0 Å². The monoisotopic (exact) mass is 983 g/mol. The molecule has 7 aliphatic carbocycles. The Morgan fingerprint density at radius 2 is 0.895 bits per heavy atom. The van der Waals surface area contributed by atoms with Crippen LogP contribution in [0.1, 0.15) is 137 Å². The first-order valence-corrected chi connectivity index (χ1v) is 28.1. The zero-order valence-corrected chi connectivity index (χ0v) is 45.4. The Morgan fingerprint density at radius 3 is 1.49 bits per heavy atom. The SMILES string of the molecule is CC1(C)C2=C(C=CCC2)c2ccc(N(c3ccc4c(c3)-c3ccccc3C4(C)C)c3c4ccccc4c(N(C4=CCC5C(=C4)C(C)(C)c4ccccc45)C4=CCC5C(=C4)C(C)(C)c4ccccc45)c4ccccc34)cc21. The quantitative estimate of drug-likeness (QED) is 0.121. The van der Waals surface area contributed by atoms with Gasteiger partial charge in [-0.25, -0.2) is 0 Å². The van der Waals surface area contributed by atoms with Crippen LogP contribution in [0.3, 0.4) is 0 Å². The normalized spacial score (nSPS) is 21.1. The maximum Gasteiger partial charge on any atom is 0.0619 e. The van der Waals surface area contributed by atoms with Gasteiger partial charge in [-0.15, -0.1) is 0 Å². The minimum Gasteiger partial charge on any atom is -0.310 e. The van der Waals surface area contributed by atoms with Crippen LogP contribution >= 0.6 is 0 Å². The van der Waals surface area contributed by atoms with Gasteiger partial charge in [0, 0.05) is 77.8 Å². The van der Waals surface area contributed by atoms with Crippen molar-refractivity contribution < 1.29 is 0 Å². The third-order valence-corrected chi connectivity index (χ3v) is 19.8. The summed E-state index contributed by atoms with van der Waals surface area (Å²) in [6.45, 7) is 19.5. The zero-order valence-electron chi connectivity index (χ0n) is 45.4. The average molecular weight is 983 g/mol. The molecular formula is C74H66N2. The lowest BCUT2D eigenvalue weighted by Gasteiger charge is -2.38. The van der Waals surface area contributed by atoms with Crippen molar-refractivity contribution in [2.75, 3.05) is 9.80 Å². The van der Waals surface area contributed by atoms with Gasteiger partial charge in [-0.3, -0.25) is 0 Å². The number of hydrogen-bond donors (Lipinski definition) is 0. The van der Waals surface area contributed by atoms with E-state index in [1.54, 1.807) is 5.57 Å². The van der Waals surface area contributed by atoms with Gasteiger partial charge in [-0.2, -0.15) is 0 Å². The van der Waals surface area contributed by atoms with E-state index in [1.807, 2.05) is 0 Å². The van der Waals surface area contributed by atoms with Crippen LogP contribution in [0.15, 0.2) is 222 Å². The molecule has 0 radical (unpaired) electrons. The molecule has 8 aromatic rings. The van der Waals surface area contributed by atoms with Gasteiger partial charge in [0.05, 0.1) is 11.4 Å². The Hall–Kier alpha value is -7.68. The average Bonchev–Trinajstić information content (AvgIpc) is 4.08. The van der Waals surface area contributed by atoms with E-state index in [2.05, 4.69) is 259 Å². The lowest BCUT2D eigenvalue weighted by molar-refractivity contribution is 0.606. The van der Waals surface area contributed by atoms with Crippen LogP contribution in [0.5, 0.6) is 0 Å². The molecule has 15 rings (SSSR count). The summed E-state index contributed by atoms with van der Waals surface area (Å²) < 4.78 is 0. The summed E-state index contributed by atoms with van der Waals surface area (Å²) in [5.74, 6) is 0.734. The third kappa shape index (κ3) is 6.16. The Balaban J connectivity index is 0.992. The van der Waals surface area contributed by atoms with Crippen molar-refractivity contribution in [3.63, 3.8) is 0 Å². The molecule has 2 atom stereocenters. The number of nitrogens with zero attached hydrogens (tertiary/aromatic N) is 2. The fraction of sp³-hybridized carbons (Fsp3) is 0.243. The van der Waals surface area contributed by atoms with E-state index in [-0.39, 0.29) is 21.7 Å². The van der Waals surface area contributed by atoms with E-state index in [0.29, 0.717) is 11.8 Å². The fourth-order valence-corrected chi connectivity index (χ4v) is 15.9. The molecule has 0 N–H and O–H groups in total. The summed E-state index contributed by atoms with van der Waals surface area (Å²) >= 11 is 0. The number of hydrogen-bond acceptors (Lipinski definition) is 2. The first-order chi connectivity index (χ1) is 36.7. The summed E-state index contributed by atoms with van der Waals surface area (Å²) in [4.78, 5) is 5.32. The molecule has 7 aliphatic rings. The fourth-order valence-electron chi connectivity index (χ4n) is 15.9. The molecule has 2 nitrogen and oxygen atoms in total. The topological polar surface area (TPSA) is 6.48 Å². The first-order valence-electron chi connectivity index (χ1n) is 28.1. The van der Waals surface area contributed by atoms with Crippen LogP contribution in [0.25, 0.3) is 38.2 Å². The van der Waals surface area contributed by atoms with Crippen molar-refractivity contribution in [1.82, 2.24) is 0 Å². The van der Waals surface area contributed by atoms with Crippen molar-refractivity contribution in [2.45, 2.75) is 115 Å². The van der Waals surface area contributed by atoms with E-state index >= 15 is 0 Å². The van der Waals surface area contributed by atoms with Crippen LogP contribution in [0.4, 0.5) is 22.7 Å². The summed E-state index contributed by atoms with van der Waals surface area (Å²) in [7, 11) is 0. The van der Waals surface area contributed by atoms with E-state index in [0.717, 1.165) is 25.7 Å². The number of rotatable bonds is 6. The van der Waals surface area contributed by atoms with Crippen molar-refractivity contribution in [2.24, 2.45) is 0 Å². The van der Waals surface area contributed by atoms with Crippen LogP contribution in [0.2, 0.25) is 0 Å². The summed E-state index contributed by atoms with van der Waals surface area (Å²) in [5.41, 5.74) is 27.0. The molecule has 372 valence electrons. The molecule has 0 fully saturated rings. The zero-order chi connectivity index (χ0) is 51.6. The molecule has 76 heavy (non-hydrogen) atoms. The minimum atomic E-state index is -0.102. The predicted octanol–water partition coefficient (Wildman–Crippen LogP) is 19.5. The summed E-state index contributed by atoms with van der Waals surface area (Å²) in [6, 6.07) is 60.9. The minimum absolute atomic E-state index is 0.0838. The van der Waals surface area contributed by atoms with Crippen LogP contribution < -0.4 is 9.80 Å². The molecule has 0 saturated carbocycles. The molecule has 2 unspecified atom stereocenters. The van der Waals surface area contributed by atoms with Crippen LogP contribution in [0, 0.1) is 0 Å². The number of fused-ring (bicyclic) bond motifs is 13. The molecule has 8 aromatic carbocycles. The second kappa shape index (κ2) is 15.9. The Labute approximate surface area is 449 Å². The molecule has 0 heterocycles. The van der Waals surface area contributed by atoms with Gasteiger partial charge in [0.25, 0.3) is 0 Å². The van der Waals surface area contributed by atoms with Crippen LogP contribution in [-0.2, 0) is 21.7 Å². The highest BCUT2D eigenvalue weighted by atomic mass is 15.2. The number of allylic oxidation sites excluding steroid dienone is 10. The predicted molar refractivity (Wildman–Crippen MR) is 320 cm³/mol. The van der Waals surface area contributed by atoms with Gasteiger partial charge in [-0.05, 0) is 123 Å². The molecule has 0 aliphatic heterocycles. The second-order valence-electron chi connectivity index (χ2n) is 25.0. The highest BCUT2D eigenvalue weighted by Crippen LogP contribution is 2.60. The Morgan fingerprint density at radius 1 is 0.408 bits per heavy atom. The molecular weight excluding hydrogens is 917 g/mol. The molecule has 0 amide bonds.